The van der Waals surface area contributed by atoms with E-state index in [-0.39, 0.29) is 19.4 Å². The first-order chi connectivity index (χ1) is 30.0. The number of unbranched alkanes of at least 4 members (excludes halogenated alkanes) is 20. The third-order valence-electron chi connectivity index (χ3n) is 10.9. The number of ether oxygens (including phenoxy) is 4. The summed E-state index contributed by atoms with van der Waals surface area (Å²) >= 11 is 0. The van der Waals surface area contributed by atoms with Gasteiger partial charge in [-0.25, -0.2) is 0 Å². The van der Waals surface area contributed by atoms with E-state index >= 15 is 0 Å². The van der Waals surface area contributed by atoms with E-state index in [1.807, 2.05) is 12.2 Å². The van der Waals surface area contributed by atoms with Gasteiger partial charge in [0, 0.05) is 12.8 Å². The van der Waals surface area contributed by atoms with Crippen LogP contribution in [0.4, 0.5) is 0 Å². The molecule has 13 heteroatoms. The Labute approximate surface area is 375 Å². The summed E-state index contributed by atoms with van der Waals surface area (Å²) in [5.74, 6) is -2.05. The van der Waals surface area contributed by atoms with Gasteiger partial charge in [-0.1, -0.05) is 178 Å². The van der Waals surface area contributed by atoms with Gasteiger partial charge in [0.1, 0.15) is 36.8 Å². The van der Waals surface area contributed by atoms with E-state index in [1.54, 1.807) is 0 Å². The normalized spacial score (nSPS) is 20.3. The Morgan fingerprint density at radius 3 is 1.48 bits per heavy atom. The van der Waals surface area contributed by atoms with Gasteiger partial charge >= 0.3 is 11.9 Å². The van der Waals surface area contributed by atoms with Crippen molar-refractivity contribution in [3.8, 4) is 0 Å². The maximum atomic E-state index is 12.8. The quantitative estimate of drug-likeness (QED) is 0.0198. The molecule has 0 saturated carbocycles. The molecule has 0 aliphatic carbocycles. The summed E-state index contributed by atoms with van der Waals surface area (Å²) in [5, 5.41) is 30.9. The van der Waals surface area contributed by atoms with Gasteiger partial charge in [0.2, 0.25) is 0 Å². The van der Waals surface area contributed by atoms with Crippen molar-refractivity contribution in [1.82, 2.24) is 0 Å². The first-order valence-electron chi connectivity index (χ1n) is 24.2. The number of esters is 2. The zero-order valence-electron chi connectivity index (χ0n) is 38.5. The van der Waals surface area contributed by atoms with Gasteiger partial charge in [0.15, 0.2) is 12.4 Å². The minimum atomic E-state index is -4.61. The number of carbonyl (C=O) groups excluding carboxylic acids is 2. The van der Waals surface area contributed by atoms with Crippen molar-refractivity contribution >= 4 is 22.1 Å². The fourth-order valence-corrected chi connectivity index (χ4v) is 7.83. The average molecular weight is 899 g/mol. The fraction of sp³-hybridized carbons (Fsp3) is 0.796. The monoisotopic (exact) mass is 899 g/mol. The highest BCUT2D eigenvalue weighted by molar-refractivity contribution is 7.85. The topological polar surface area (TPSA) is 186 Å². The molecule has 6 atom stereocenters. The maximum absolute atomic E-state index is 12.8. The van der Waals surface area contributed by atoms with E-state index in [2.05, 4.69) is 50.3 Å². The lowest BCUT2D eigenvalue weighted by Crippen LogP contribution is -2.60. The second-order valence-electron chi connectivity index (χ2n) is 16.8. The first-order valence-corrected chi connectivity index (χ1v) is 25.8. The summed E-state index contributed by atoms with van der Waals surface area (Å²) < 4.78 is 54.1. The molecule has 1 aliphatic rings. The minimum absolute atomic E-state index is 0.0889. The van der Waals surface area contributed by atoms with Crippen LogP contribution in [0.2, 0.25) is 0 Å². The number of aliphatic hydroxyl groups excluding tert-OH is 3. The van der Waals surface area contributed by atoms with Crippen LogP contribution in [0.1, 0.15) is 194 Å². The number of allylic oxidation sites excluding steroid dienone is 8. The molecule has 0 bridgehead atoms. The van der Waals surface area contributed by atoms with Crippen LogP contribution in [0, 0.1) is 0 Å². The maximum Gasteiger partial charge on any atom is 0.306 e. The Bertz CT molecular complexity index is 1330. The molecular weight excluding hydrogens is 813 g/mol. The molecule has 360 valence electrons. The average Bonchev–Trinajstić information content (AvgIpc) is 3.24. The van der Waals surface area contributed by atoms with Gasteiger partial charge in [0.25, 0.3) is 10.1 Å². The number of rotatable bonds is 40. The van der Waals surface area contributed by atoms with E-state index < -0.39 is 71.2 Å². The van der Waals surface area contributed by atoms with E-state index in [9.17, 15) is 37.9 Å². The highest BCUT2D eigenvalue weighted by Crippen LogP contribution is 2.24. The van der Waals surface area contributed by atoms with Gasteiger partial charge < -0.3 is 34.3 Å². The first kappa shape index (κ1) is 57.6. The van der Waals surface area contributed by atoms with Crippen LogP contribution in [-0.4, -0.2) is 96.0 Å². The summed E-state index contributed by atoms with van der Waals surface area (Å²) in [4.78, 5) is 25.4. The molecule has 1 aliphatic heterocycles. The third-order valence-corrected chi connectivity index (χ3v) is 11.7. The van der Waals surface area contributed by atoms with Crippen molar-refractivity contribution in [1.29, 1.82) is 0 Å². The highest BCUT2D eigenvalue weighted by Gasteiger charge is 2.46. The Balaban J connectivity index is 2.45. The number of hydrogen-bond acceptors (Lipinski definition) is 11. The lowest BCUT2D eigenvalue weighted by atomic mass is 10.00. The predicted molar refractivity (Wildman–Crippen MR) is 247 cm³/mol. The van der Waals surface area contributed by atoms with Crippen LogP contribution in [0.5, 0.6) is 0 Å². The zero-order valence-corrected chi connectivity index (χ0v) is 39.3. The molecule has 0 amide bonds. The minimum Gasteiger partial charge on any atom is -0.462 e. The largest absolute Gasteiger partial charge is 0.462 e. The molecule has 0 aromatic rings. The van der Waals surface area contributed by atoms with Gasteiger partial charge in [0.05, 0.1) is 6.61 Å². The van der Waals surface area contributed by atoms with Crippen LogP contribution >= 0.6 is 0 Å². The van der Waals surface area contributed by atoms with Crippen molar-refractivity contribution in [2.45, 2.75) is 230 Å². The van der Waals surface area contributed by atoms with Crippen LogP contribution in [-0.2, 0) is 38.7 Å². The molecular formula is C49H86O12S. The van der Waals surface area contributed by atoms with Crippen molar-refractivity contribution in [3.05, 3.63) is 48.6 Å². The molecule has 0 radical (unpaired) electrons. The number of carbonyl (C=O) groups is 2. The van der Waals surface area contributed by atoms with E-state index in [1.165, 1.54) is 103 Å². The second kappa shape index (κ2) is 39.0. The van der Waals surface area contributed by atoms with Crippen LogP contribution in [0.25, 0.3) is 0 Å². The Morgan fingerprint density at radius 2 is 0.984 bits per heavy atom. The molecule has 4 N–H and O–H groups in total. The smallest absolute Gasteiger partial charge is 0.306 e. The van der Waals surface area contributed by atoms with Crippen LogP contribution in [0.15, 0.2) is 48.6 Å². The van der Waals surface area contributed by atoms with Gasteiger partial charge in [-0.05, 0) is 51.4 Å². The Kier molecular flexibility index (Phi) is 36.3. The molecule has 1 saturated heterocycles. The standard InChI is InChI=1S/C49H86O12S/c1-3-5-7-9-11-13-15-17-19-21-23-25-27-29-31-33-35-37-44(50)58-39-42(40-59-49-48(54)47(53)46(52)43(61-49)41-62(55,56)57)60-45(51)38-36-34-32-30-28-26-24-22-20-18-16-14-12-10-8-6-4-2/h12,14,18,20,24,26,30,32,42-43,46-49,52-54H,3-11,13,15-17,19,21-23,25,27-29,31,33-41H2,1-2H3,(H,55,56,57)/b14-12+,20-18+,26-24+,32-30+/t42-,43-,46-,47?,48?,49+/m1/s1. The molecule has 1 fully saturated rings. The molecule has 2 unspecified atom stereocenters. The summed E-state index contributed by atoms with van der Waals surface area (Å²) in [7, 11) is -4.61. The molecule has 0 aromatic carbocycles. The Hall–Kier alpha value is -2.39. The SMILES string of the molecule is CCCCC/C=C/C/C=C/C/C=C/C/C=C/CCCC(=O)O[C@H](COC(=O)CCCCCCCCCCCCCCCCCCC)CO[C@H]1O[C@H](CS(=O)(=O)O)[C@@H](O)C(O)C1O. The van der Waals surface area contributed by atoms with Crippen molar-refractivity contribution < 1.29 is 56.8 Å². The molecule has 1 heterocycles. The summed E-state index contributed by atoms with van der Waals surface area (Å²) in [6.07, 6.45) is 37.3. The zero-order chi connectivity index (χ0) is 45.5. The molecule has 0 aromatic heterocycles. The van der Waals surface area contributed by atoms with Crippen LogP contribution < -0.4 is 0 Å². The fourth-order valence-electron chi connectivity index (χ4n) is 7.14. The van der Waals surface area contributed by atoms with Gasteiger partial charge in [-0.2, -0.15) is 8.42 Å². The Morgan fingerprint density at radius 1 is 0.548 bits per heavy atom. The van der Waals surface area contributed by atoms with Gasteiger partial charge in [-0.15, -0.1) is 0 Å². The van der Waals surface area contributed by atoms with E-state index in [4.69, 9.17) is 18.9 Å². The predicted octanol–water partition coefficient (Wildman–Crippen LogP) is 10.3. The molecule has 1 rings (SSSR count). The summed E-state index contributed by atoms with van der Waals surface area (Å²) in [5.41, 5.74) is 0. The molecule has 62 heavy (non-hydrogen) atoms. The van der Waals surface area contributed by atoms with E-state index in [0.29, 0.717) is 19.3 Å². The molecule has 0 spiro atoms. The number of hydrogen-bond donors (Lipinski definition) is 4. The van der Waals surface area contributed by atoms with Crippen molar-refractivity contribution in [3.63, 3.8) is 0 Å². The highest BCUT2D eigenvalue weighted by atomic mass is 32.2. The summed E-state index contributed by atoms with van der Waals surface area (Å²) in [6.45, 7) is 3.70. The number of aliphatic hydroxyl groups is 3. The van der Waals surface area contributed by atoms with E-state index in [0.717, 1.165) is 44.9 Å². The lowest BCUT2D eigenvalue weighted by Gasteiger charge is -2.40. The second-order valence-corrected chi connectivity index (χ2v) is 18.3. The molecule has 12 nitrogen and oxygen atoms in total. The third kappa shape index (κ3) is 33.2. The lowest BCUT2D eigenvalue weighted by molar-refractivity contribution is -0.297. The van der Waals surface area contributed by atoms with Crippen LogP contribution in [0.3, 0.4) is 0 Å². The van der Waals surface area contributed by atoms with Crippen molar-refractivity contribution in [2.24, 2.45) is 0 Å². The van der Waals surface area contributed by atoms with Gasteiger partial charge in [-0.3, -0.25) is 14.1 Å². The summed E-state index contributed by atoms with van der Waals surface area (Å²) in [6, 6.07) is 0. The van der Waals surface area contributed by atoms with Crippen molar-refractivity contribution in [2.75, 3.05) is 19.0 Å².